The Hall–Kier alpha value is -1.49. The van der Waals surface area contributed by atoms with Crippen LogP contribution < -0.4 is 5.32 Å². The van der Waals surface area contributed by atoms with E-state index in [0.717, 1.165) is 32.1 Å². The molecule has 1 aromatic heterocycles. The highest BCUT2D eigenvalue weighted by atomic mass is 32.1. The summed E-state index contributed by atoms with van der Waals surface area (Å²) in [4.78, 5) is 40.2. The molecule has 4 aliphatic rings. The lowest BCUT2D eigenvalue weighted by Crippen LogP contribution is -2.57. The number of carbonyl (C=O) groups excluding carboxylic acids is 3. The second-order valence-corrected chi connectivity index (χ2v) is 14.5. The molecule has 1 heterocycles. The molecule has 0 aliphatic heterocycles. The molecule has 4 saturated carbocycles. The Kier molecular flexibility index (Phi) is 7.02. The largest absolute Gasteiger partial charge is 0.348 e. The van der Waals surface area contributed by atoms with Gasteiger partial charge in [0.1, 0.15) is 11.6 Å². The van der Waals surface area contributed by atoms with Crippen molar-refractivity contribution < 1.29 is 14.4 Å². The number of thiophene rings is 1. The second-order valence-electron chi connectivity index (χ2n) is 13.6. The molecule has 4 nitrogen and oxygen atoms in total. The van der Waals surface area contributed by atoms with Crippen LogP contribution in [0.2, 0.25) is 0 Å². The monoisotopic (exact) mass is 511 g/mol. The summed E-state index contributed by atoms with van der Waals surface area (Å²) < 4.78 is 0. The fraction of sp³-hybridized carbons (Fsp3) is 0.774. The Morgan fingerprint density at radius 1 is 1.06 bits per heavy atom. The van der Waals surface area contributed by atoms with E-state index in [1.807, 2.05) is 0 Å². The Bertz CT molecular complexity index is 1000. The van der Waals surface area contributed by atoms with Gasteiger partial charge in [-0.2, -0.15) is 0 Å². The van der Waals surface area contributed by atoms with Crippen molar-refractivity contribution in [1.29, 1.82) is 0 Å². The summed E-state index contributed by atoms with van der Waals surface area (Å²) in [6.07, 6.45) is 7.96. The number of hydrogen-bond acceptors (Lipinski definition) is 4. The van der Waals surface area contributed by atoms with Crippen LogP contribution in [0.5, 0.6) is 0 Å². The Labute approximate surface area is 221 Å². The van der Waals surface area contributed by atoms with E-state index in [1.165, 1.54) is 4.88 Å². The van der Waals surface area contributed by atoms with Gasteiger partial charge in [0.15, 0.2) is 0 Å². The first-order valence-electron chi connectivity index (χ1n) is 14.4. The van der Waals surface area contributed by atoms with E-state index < -0.39 is 0 Å². The van der Waals surface area contributed by atoms with Crippen molar-refractivity contribution >= 4 is 28.8 Å². The standard InChI is InChI=1S/C31H45NO3S/c1-18(2)29(26-7-6-14-36-26)32-27(35)15-19(3)22-8-9-23-28-24(11-13-31(22,23)5)30(4)12-10-21(33)16-20(30)17-25(28)34/h6-7,14,18-20,22-24,28-29H,8-13,15-17H2,1-5H3,(H,32,35)/t19-,20?,22?,23+,24+,28?,29+,30?,31?/m1/s1. The summed E-state index contributed by atoms with van der Waals surface area (Å²) in [6.45, 7) is 11.4. The van der Waals surface area contributed by atoms with Crippen LogP contribution in [0.15, 0.2) is 17.5 Å². The van der Waals surface area contributed by atoms with Gasteiger partial charge >= 0.3 is 0 Å². The Morgan fingerprint density at radius 2 is 1.81 bits per heavy atom. The molecule has 0 spiro atoms. The van der Waals surface area contributed by atoms with E-state index >= 15 is 0 Å². The number of hydrogen-bond donors (Lipinski definition) is 1. The van der Waals surface area contributed by atoms with Crippen LogP contribution in [0, 0.1) is 52.3 Å². The van der Waals surface area contributed by atoms with Gasteiger partial charge in [0.2, 0.25) is 5.91 Å². The molecular formula is C31H45NO3S. The molecule has 0 saturated heterocycles. The number of amides is 1. The van der Waals surface area contributed by atoms with Crippen LogP contribution in [-0.2, 0) is 14.4 Å². The topological polar surface area (TPSA) is 63.2 Å². The predicted molar refractivity (Wildman–Crippen MR) is 144 cm³/mol. The third-order valence-electron chi connectivity index (χ3n) is 11.4. The molecule has 9 atom stereocenters. The van der Waals surface area contributed by atoms with Gasteiger partial charge in [-0.1, -0.05) is 40.7 Å². The number of nitrogens with one attached hydrogen (secondary N) is 1. The summed E-state index contributed by atoms with van der Waals surface area (Å²) in [5.41, 5.74) is 0.278. The van der Waals surface area contributed by atoms with Gasteiger partial charge in [0.05, 0.1) is 6.04 Å². The van der Waals surface area contributed by atoms with Crippen molar-refractivity contribution in [3.63, 3.8) is 0 Å². The molecule has 4 aliphatic carbocycles. The van der Waals surface area contributed by atoms with Crippen LogP contribution in [-0.4, -0.2) is 17.5 Å². The van der Waals surface area contributed by atoms with Gasteiger partial charge in [-0.15, -0.1) is 11.3 Å². The average molecular weight is 512 g/mol. The van der Waals surface area contributed by atoms with Gasteiger partial charge in [-0.3, -0.25) is 14.4 Å². The smallest absolute Gasteiger partial charge is 0.220 e. The van der Waals surface area contributed by atoms with Crippen molar-refractivity contribution in [3.05, 3.63) is 22.4 Å². The van der Waals surface area contributed by atoms with Gasteiger partial charge in [-0.05, 0) is 89.9 Å². The molecule has 1 aromatic rings. The summed E-state index contributed by atoms with van der Waals surface area (Å²) in [5, 5.41) is 5.42. The highest BCUT2D eigenvalue weighted by Crippen LogP contribution is 2.67. The number of carbonyl (C=O) groups is 3. The third-order valence-corrected chi connectivity index (χ3v) is 12.3. The zero-order valence-electron chi connectivity index (χ0n) is 22.8. The molecule has 36 heavy (non-hydrogen) atoms. The van der Waals surface area contributed by atoms with Crippen molar-refractivity contribution in [3.8, 4) is 0 Å². The maximum absolute atomic E-state index is 13.6. The van der Waals surface area contributed by atoms with E-state index in [9.17, 15) is 14.4 Å². The quantitative estimate of drug-likeness (QED) is 0.447. The molecular weight excluding hydrogens is 466 g/mol. The third kappa shape index (κ3) is 4.31. The van der Waals surface area contributed by atoms with Crippen molar-refractivity contribution in [2.45, 2.75) is 98.4 Å². The van der Waals surface area contributed by atoms with Crippen LogP contribution in [0.1, 0.15) is 103 Å². The molecule has 1 amide bonds. The van der Waals surface area contributed by atoms with Gasteiger partial charge in [-0.25, -0.2) is 0 Å². The zero-order valence-corrected chi connectivity index (χ0v) is 23.7. The Balaban J connectivity index is 1.29. The van der Waals surface area contributed by atoms with Gasteiger partial charge < -0.3 is 5.32 Å². The lowest BCUT2D eigenvalue weighted by molar-refractivity contribution is -0.159. The van der Waals surface area contributed by atoms with Crippen LogP contribution in [0.25, 0.3) is 0 Å². The summed E-state index contributed by atoms with van der Waals surface area (Å²) in [5.74, 6) is 3.39. The van der Waals surface area contributed by atoms with Crippen molar-refractivity contribution in [1.82, 2.24) is 5.32 Å². The first kappa shape index (κ1) is 26.1. The first-order chi connectivity index (χ1) is 17.0. The lowest BCUT2D eigenvalue weighted by atomic mass is 9.44. The summed E-state index contributed by atoms with van der Waals surface area (Å²) >= 11 is 1.71. The van der Waals surface area contributed by atoms with Crippen LogP contribution in [0.3, 0.4) is 0 Å². The summed E-state index contributed by atoms with van der Waals surface area (Å²) in [7, 11) is 0. The maximum Gasteiger partial charge on any atom is 0.220 e. The molecule has 0 radical (unpaired) electrons. The van der Waals surface area contributed by atoms with Crippen LogP contribution >= 0.6 is 11.3 Å². The van der Waals surface area contributed by atoms with E-state index in [1.54, 1.807) is 11.3 Å². The van der Waals surface area contributed by atoms with Gasteiger partial charge in [0.25, 0.3) is 0 Å². The highest BCUT2D eigenvalue weighted by molar-refractivity contribution is 7.10. The number of rotatable bonds is 6. The SMILES string of the molecule is CC(C)[C@H](NC(=O)C[C@@H](C)C1CC[C@H]2C3C(=O)CC4CC(=O)CCC4(C)[C@H]3CCC12C)c1cccs1. The molecule has 4 fully saturated rings. The molecule has 198 valence electrons. The molecule has 0 aromatic carbocycles. The molecule has 5 heteroatoms. The summed E-state index contributed by atoms with van der Waals surface area (Å²) in [6, 6.07) is 4.25. The van der Waals surface area contributed by atoms with E-state index in [4.69, 9.17) is 0 Å². The lowest BCUT2D eigenvalue weighted by Gasteiger charge is -2.59. The molecule has 1 N–H and O–H groups in total. The first-order valence-corrected chi connectivity index (χ1v) is 15.3. The molecule has 5 unspecified atom stereocenters. The minimum atomic E-state index is 0.0722. The molecule has 5 rings (SSSR count). The maximum atomic E-state index is 13.6. The minimum Gasteiger partial charge on any atom is -0.348 e. The fourth-order valence-electron chi connectivity index (χ4n) is 9.40. The Morgan fingerprint density at radius 3 is 2.50 bits per heavy atom. The van der Waals surface area contributed by atoms with E-state index in [0.29, 0.717) is 66.8 Å². The predicted octanol–water partition coefficient (Wildman–Crippen LogP) is 6.99. The number of fused-ring (bicyclic) bond motifs is 5. The second kappa shape index (κ2) is 9.67. The minimum absolute atomic E-state index is 0.0722. The highest BCUT2D eigenvalue weighted by Gasteiger charge is 2.63. The number of Topliss-reactive ketones (excluding diaryl/α,β-unsaturated/α-hetero) is 2. The number of ketones is 2. The molecule has 0 bridgehead atoms. The van der Waals surface area contributed by atoms with Crippen molar-refractivity contribution in [2.24, 2.45) is 52.3 Å². The fourth-order valence-corrected chi connectivity index (χ4v) is 10.3. The van der Waals surface area contributed by atoms with E-state index in [-0.39, 0.29) is 34.6 Å². The van der Waals surface area contributed by atoms with Gasteiger partial charge in [0, 0.05) is 36.5 Å². The zero-order chi connectivity index (χ0) is 25.8. The van der Waals surface area contributed by atoms with Crippen LogP contribution in [0.4, 0.5) is 0 Å². The van der Waals surface area contributed by atoms with E-state index in [2.05, 4.69) is 57.4 Å². The normalized spacial score (nSPS) is 39.8. The average Bonchev–Trinajstić information content (AvgIpc) is 3.46. The van der Waals surface area contributed by atoms with Crippen molar-refractivity contribution in [2.75, 3.05) is 0 Å².